The van der Waals surface area contributed by atoms with Crippen molar-refractivity contribution in [2.75, 3.05) is 12.1 Å². The number of hydrogen-bond donors (Lipinski definition) is 1. The largest absolute Gasteiger partial charge is 0.454 e. The molecular weight excluding hydrogens is 384 g/mol. The number of nitrogens with one attached hydrogen (secondary N) is 1. The number of anilines is 1. The van der Waals surface area contributed by atoms with Crippen LogP contribution in [-0.2, 0) is 0 Å². The number of fused-ring (bicyclic) bond motifs is 2. The van der Waals surface area contributed by atoms with Gasteiger partial charge in [-0.05, 0) is 59.1 Å². The van der Waals surface area contributed by atoms with Crippen LogP contribution in [0.2, 0.25) is 0 Å². The van der Waals surface area contributed by atoms with Crippen LogP contribution in [-0.4, -0.2) is 23.6 Å². The molecule has 130 valence electrons. The molecule has 1 N–H and O–H groups in total. The quantitative estimate of drug-likeness (QED) is 0.818. The molecule has 4 rings (SSSR count). The number of carbonyl (C=O) groups is 1. The number of amides is 1. The van der Waals surface area contributed by atoms with Crippen LogP contribution >= 0.6 is 15.9 Å². The average Bonchev–Trinajstić information content (AvgIpc) is 3.10. The van der Waals surface area contributed by atoms with Crippen LogP contribution < -0.4 is 14.8 Å². The van der Waals surface area contributed by atoms with Crippen LogP contribution in [0.3, 0.4) is 0 Å². The van der Waals surface area contributed by atoms with E-state index in [1.54, 1.807) is 0 Å². The summed E-state index contributed by atoms with van der Waals surface area (Å²) in [4.78, 5) is 15.0. The van der Waals surface area contributed by atoms with Crippen LogP contribution in [0.4, 0.5) is 5.69 Å². The monoisotopic (exact) mass is 402 g/mol. The Balaban J connectivity index is 1.82. The van der Waals surface area contributed by atoms with Crippen molar-refractivity contribution in [3.63, 3.8) is 0 Å². The normalized spacial score (nSPS) is 19.4. The first-order chi connectivity index (χ1) is 12.1. The molecule has 0 unspecified atom stereocenters. The summed E-state index contributed by atoms with van der Waals surface area (Å²) in [6.07, 6.45) is 0.612. The average molecular weight is 403 g/mol. The molecule has 2 aromatic rings. The molecule has 1 amide bonds. The fourth-order valence-electron chi connectivity index (χ4n) is 3.31. The lowest BCUT2D eigenvalue weighted by molar-refractivity contribution is 0.0593. The molecule has 0 saturated carbocycles. The Kier molecular flexibility index (Phi) is 4.07. The van der Waals surface area contributed by atoms with Crippen molar-refractivity contribution in [1.29, 1.82) is 0 Å². The lowest BCUT2D eigenvalue weighted by atomic mass is 10.0. The highest BCUT2D eigenvalue weighted by atomic mass is 79.9. The van der Waals surface area contributed by atoms with E-state index < -0.39 is 0 Å². The van der Waals surface area contributed by atoms with Gasteiger partial charge in [-0.15, -0.1) is 0 Å². The number of halogens is 1. The predicted molar refractivity (Wildman–Crippen MR) is 99.0 cm³/mol. The van der Waals surface area contributed by atoms with E-state index in [-0.39, 0.29) is 24.9 Å². The van der Waals surface area contributed by atoms with Crippen molar-refractivity contribution in [2.45, 2.75) is 32.5 Å². The summed E-state index contributed by atoms with van der Waals surface area (Å²) < 4.78 is 11.8. The van der Waals surface area contributed by atoms with E-state index >= 15 is 0 Å². The minimum atomic E-state index is -0.261. The third-order valence-electron chi connectivity index (χ3n) is 4.79. The summed E-state index contributed by atoms with van der Waals surface area (Å²) in [6, 6.07) is 11.7. The van der Waals surface area contributed by atoms with E-state index in [0.717, 1.165) is 22.1 Å². The minimum absolute atomic E-state index is 0.0440. The molecule has 6 heteroatoms. The van der Waals surface area contributed by atoms with Crippen LogP contribution in [0.1, 0.15) is 42.4 Å². The van der Waals surface area contributed by atoms with Crippen molar-refractivity contribution in [3.05, 3.63) is 52.0 Å². The molecular formula is C19H19BrN2O3. The molecule has 2 heterocycles. The number of nitrogens with zero attached hydrogens (tertiary/aromatic N) is 1. The molecule has 0 bridgehead atoms. The van der Waals surface area contributed by atoms with Gasteiger partial charge in [-0.3, -0.25) is 4.79 Å². The fraction of sp³-hybridized carbons (Fsp3) is 0.316. The summed E-state index contributed by atoms with van der Waals surface area (Å²) in [6.45, 7) is 4.37. The maximum Gasteiger partial charge on any atom is 0.258 e. The van der Waals surface area contributed by atoms with Gasteiger partial charge in [-0.25, -0.2) is 0 Å². The zero-order valence-corrected chi connectivity index (χ0v) is 15.7. The molecule has 2 aliphatic rings. The molecule has 25 heavy (non-hydrogen) atoms. The third-order valence-corrected chi connectivity index (χ3v) is 5.38. The lowest BCUT2D eigenvalue weighted by Crippen LogP contribution is -2.47. The third kappa shape index (κ3) is 2.65. The first-order valence-electron chi connectivity index (χ1n) is 8.37. The first kappa shape index (κ1) is 16.3. The van der Waals surface area contributed by atoms with Crippen LogP contribution in [0, 0.1) is 0 Å². The van der Waals surface area contributed by atoms with Gasteiger partial charge in [0.15, 0.2) is 11.5 Å². The molecule has 0 saturated heterocycles. The van der Waals surface area contributed by atoms with Crippen molar-refractivity contribution in [1.82, 2.24) is 4.90 Å². The number of hydrogen-bond acceptors (Lipinski definition) is 4. The molecule has 0 spiro atoms. The fourth-order valence-corrected chi connectivity index (χ4v) is 3.88. The Bertz CT molecular complexity index is 839. The van der Waals surface area contributed by atoms with Gasteiger partial charge in [-0.1, -0.05) is 19.1 Å². The smallest absolute Gasteiger partial charge is 0.258 e. The second-order valence-corrected chi connectivity index (χ2v) is 7.15. The Morgan fingerprint density at radius 2 is 2.12 bits per heavy atom. The Hall–Kier alpha value is -2.21. The SMILES string of the molecule is CC[C@H](C)N1C(=O)c2ccccc2N[C@@H]1c1cc(Br)c2c(c1)OCO2. The van der Waals surface area contributed by atoms with Crippen molar-refractivity contribution in [3.8, 4) is 11.5 Å². The highest BCUT2D eigenvalue weighted by molar-refractivity contribution is 9.10. The van der Waals surface area contributed by atoms with Gasteiger partial charge in [0.25, 0.3) is 5.91 Å². The second kappa shape index (κ2) is 6.26. The summed E-state index contributed by atoms with van der Waals surface area (Å²) in [7, 11) is 0. The predicted octanol–water partition coefficient (Wildman–Crippen LogP) is 4.54. The summed E-state index contributed by atoms with van der Waals surface area (Å²) in [5.74, 6) is 1.45. The second-order valence-electron chi connectivity index (χ2n) is 6.30. The highest BCUT2D eigenvalue weighted by Crippen LogP contribution is 2.43. The van der Waals surface area contributed by atoms with Crippen molar-refractivity contribution >= 4 is 27.5 Å². The number of carbonyl (C=O) groups excluding carboxylic acids is 1. The van der Waals surface area contributed by atoms with E-state index in [0.29, 0.717) is 17.1 Å². The van der Waals surface area contributed by atoms with Gasteiger partial charge in [0, 0.05) is 11.7 Å². The molecule has 2 aromatic carbocycles. The lowest BCUT2D eigenvalue weighted by Gasteiger charge is -2.41. The Morgan fingerprint density at radius 1 is 1.32 bits per heavy atom. The van der Waals surface area contributed by atoms with Gasteiger partial charge in [0.05, 0.1) is 10.0 Å². The highest BCUT2D eigenvalue weighted by Gasteiger charge is 2.36. The number of rotatable bonds is 3. The van der Waals surface area contributed by atoms with E-state index in [2.05, 4.69) is 35.1 Å². The zero-order valence-electron chi connectivity index (χ0n) is 14.1. The first-order valence-corrected chi connectivity index (χ1v) is 9.16. The van der Waals surface area contributed by atoms with E-state index in [1.807, 2.05) is 41.3 Å². The number of para-hydroxylation sites is 1. The van der Waals surface area contributed by atoms with E-state index in [9.17, 15) is 4.79 Å². The molecule has 2 aliphatic heterocycles. The van der Waals surface area contributed by atoms with Crippen LogP contribution in [0.15, 0.2) is 40.9 Å². The number of benzene rings is 2. The van der Waals surface area contributed by atoms with Gasteiger partial charge in [0.2, 0.25) is 6.79 Å². The maximum absolute atomic E-state index is 13.1. The Labute approximate surface area is 155 Å². The van der Waals surface area contributed by atoms with Gasteiger partial charge in [-0.2, -0.15) is 0 Å². The molecule has 0 aliphatic carbocycles. The zero-order chi connectivity index (χ0) is 17.6. The molecule has 0 fully saturated rings. The molecule has 0 aromatic heterocycles. The van der Waals surface area contributed by atoms with Crippen molar-refractivity contribution < 1.29 is 14.3 Å². The summed E-state index contributed by atoms with van der Waals surface area (Å²) >= 11 is 3.55. The number of ether oxygens (including phenoxy) is 2. The summed E-state index contributed by atoms with van der Waals surface area (Å²) in [5, 5.41) is 3.52. The van der Waals surface area contributed by atoms with Gasteiger partial charge >= 0.3 is 0 Å². The van der Waals surface area contributed by atoms with Crippen molar-refractivity contribution in [2.24, 2.45) is 0 Å². The topological polar surface area (TPSA) is 50.8 Å². The molecule has 5 nitrogen and oxygen atoms in total. The van der Waals surface area contributed by atoms with Crippen LogP contribution in [0.25, 0.3) is 0 Å². The molecule has 2 atom stereocenters. The minimum Gasteiger partial charge on any atom is -0.454 e. The summed E-state index contributed by atoms with van der Waals surface area (Å²) in [5.41, 5.74) is 2.52. The standard InChI is InChI=1S/C19H19BrN2O3/c1-3-11(2)22-18(21-15-7-5-4-6-13(15)19(22)23)12-8-14(20)17-16(9-12)24-10-25-17/h4-9,11,18,21H,3,10H2,1-2H3/t11-,18-/m0/s1. The Morgan fingerprint density at radius 3 is 2.92 bits per heavy atom. The van der Waals surface area contributed by atoms with E-state index in [1.165, 1.54) is 0 Å². The van der Waals surface area contributed by atoms with E-state index in [4.69, 9.17) is 9.47 Å². The van der Waals surface area contributed by atoms with Gasteiger partial charge in [0.1, 0.15) is 6.17 Å². The maximum atomic E-state index is 13.1. The van der Waals surface area contributed by atoms with Crippen LogP contribution in [0.5, 0.6) is 11.5 Å². The van der Waals surface area contributed by atoms with Gasteiger partial charge < -0.3 is 19.7 Å². The molecule has 0 radical (unpaired) electrons.